The van der Waals surface area contributed by atoms with Gasteiger partial charge in [-0.2, -0.15) is 0 Å². The zero-order valence-electron chi connectivity index (χ0n) is 9.88. The monoisotopic (exact) mass is 220 g/mol. The van der Waals surface area contributed by atoms with Gasteiger partial charge in [0.15, 0.2) is 0 Å². The van der Waals surface area contributed by atoms with Crippen LogP contribution in [0, 0.1) is 0 Å². The Morgan fingerprint density at radius 3 is 2.62 bits per heavy atom. The van der Waals surface area contributed by atoms with Crippen molar-refractivity contribution >= 4 is 0 Å². The first-order valence-electron chi connectivity index (χ1n) is 6.11. The lowest BCUT2D eigenvalue weighted by Crippen LogP contribution is -2.46. The number of H-pyrrole nitrogens is 1. The molecule has 3 heteroatoms. The van der Waals surface area contributed by atoms with Gasteiger partial charge < -0.3 is 10.3 Å². The highest BCUT2D eigenvalue weighted by molar-refractivity contribution is 5.13. The molecule has 0 bridgehead atoms. The number of aromatic nitrogens is 1. The van der Waals surface area contributed by atoms with Crippen molar-refractivity contribution in [2.45, 2.75) is 44.1 Å². The Hall–Kier alpha value is -1.09. The summed E-state index contributed by atoms with van der Waals surface area (Å²) in [4.78, 5) is 13.7. The summed E-state index contributed by atoms with van der Waals surface area (Å²) in [5.74, 6) is 0. The van der Waals surface area contributed by atoms with E-state index in [1.807, 2.05) is 12.3 Å². The minimum atomic E-state index is -0.0223. The van der Waals surface area contributed by atoms with Gasteiger partial charge in [0.2, 0.25) is 5.56 Å². The maximum absolute atomic E-state index is 11.0. The molecule has 1 aromatic rings. The fourth-order valence-corrected chi connectivity index (χ4v) is 2.69. The summed E-state index contributed by atoms with van der Waals surface area (Å²) in [5.41, 5.74) is 1.44. The van der Waals surface area contributed by atoms with E-state index in [4.69, 9.17) is 0 Å². The van der Waals surface area contributed by atoms with Crippen molar-refractivity contribution < 1.29 is 0 Å². The van der Waals surface area contributed by atoms with Crippen LogP contribution in [0.4, 0.5) is 0 Å². The maximum atomic E-state index is 11.0. The van der Waals surface area contributed by atoms with E-state index in [1.54, 1.807) is 6.07 Å². The molecule has 1 aliphatic rings. The number of aromatic amines is 1. The van der Waals surface area contributed by atoms with Crippen LogP contribution in [0.3, 0.4) is 0 Å². The summed E-state index contributed by atoms with van der Waals surface area (Å²) < 4.78 is 0. The molecular weight excluding hydrogens is 200 g/mol. The Morgan fingerprint density at radius 1 is 1.31 bits per heavy atom. The molecule has 0 aromatic carbocycles. The number of hydrogen-bond donors (Lipinski definition) is 2. The molecule has 0 spiro atoms. The predicted octanol–water partition coefficient (Wildman–Crippen LogP) is 1.84. The standard InChI is InChI=1S/C13H20N2O/c1-14-13(7-3-2-4-8-13)9-11-5-6-12(16)15-10-11/h5-6,10,14H,2-4,7-9H2,1H3,(H,15,16). The van der Waals surface area contributed by atoms with E-state index in [0.717, 1.165) is 6.42 Å². The van der Waals surface area contributed by atoms with Crippen LogP contribution in [0.25, 0.3) is 0 Å². The Balaban J connectivity index is 2.11. The molecule has 3 nitrogen and oxygen atoms in total. The highest BCUT2D eigenvalue weighted by Gasteiger charge is 2.30. The van der Waals surface area contributed by atoms with Crippen LogP contribution < -0.4 is 10.9 Å². The van der Waals surface area contributed by atoms with Gasteiger partial charge >= 0.3 is 0 Å². The van der Waals surface area contributed by atoms with Crippen LogP contribution in [0.1, 0.15) is 37.7 Å². The van der Waals surface area contributed by atoms with Crippen molar-refractivity contribution in [2.24, 2.45) is 0 Å². The summed E-state index contributed by atoms with van der Waals surface area (Å²) in [5, 5.41) is 3.49. The van der Waals surface area contributed by atoms with Gasteiger partial charge in [-0.1, -0.05) is 25.3 Å². The summed E-state index contributed by atoms with van der Waals surface area (Å²) in [6, 6.07) is 3.55. The Bertz CT molecular complexity index is 371. The highest BCUT2D eigenvalue weighted by Crippen LogP contribution is 2.30. The second-order valence-electron chi connectivity index (χ2n) is 4.83. The molecule has 0 saturated heterocycles. The van der Waals surface area contributed by atoms with E-state index < -0.39 is 0 Å². The summed E-state index contributed by atoms with van der Waals surface area (Å²) in [7, 11) is 2.05. The van der Waals surface area contributed by atoms with Gasteiger partial charge in [-0.05, 0) is 31.9 Å². The van der Waals surface area contributed by atoms with Crippen molar-refractivity contribution in [3.8, 4) is 0 Å². The lowest BCUT2D eigenvalue weighted by atomic mass is 9.78. The molecule has 1 saturated carbocycles. The van der Waals surface area contributed by atoms with E-state index in [2.05, 4.69) is 17.3 Å². The molecule has 0 unspecified atom stereocenters. The Kier molecular flexibility index (Phi) is 3.44. The fourth-order valence-electron chi connectivity index (χ4n) is 2.69. The quantitative estimate of drug-likeness (QED) is 0.816. The first-order valence-corrected chi connectivity index (χ1v) is 6.11. The molecule has 0 radical (unpaired) electrons. The SMILES string of the molecule is CNC1(Cc2ccc(=O)[nH]c2)CCCCC1. The van der Waals surface area contributed by atoms with Gasteiger partial charge in [0.25, 0.3) is 0 Å². The largest absolute Gasteiger partial charge is 0.329 e. The summed E-state index contributed by atoms with van der Waals surface area (Å²) >= 11 is 0. The molecule has 0 atom stereocenters. The smallest absolute Gasteiger partial charge is 0.247 e. The van der Waals surface area contributed by atoms with Crippen LogP contribution in [0.15, 0.2) is 23.1 Å². The molecule has 2 rings (SSSR count). The van der Waals surface area contributed by atoms with Crippen LogP contribution in [-0.4, -0.2) is 17.6 Å². The fraction of sp³-hybridized carbons (Fsp3) is 0.615. The predicted molar refractivity (Wildman–Crippen MR) is 65.6 cm³/mol. The van der Waals surface area contributed by atoms with Gasteiger partial charge in [-0.15, -0.1) is 0 Å². The van der Waals surface area contributed by atoms with Crippen molar-refractivity contribution in [1.29, 1.82) is 0 Å². The van der Waals surface area contributed by atoms with Crippen molar-refractivity contribution in [2.75, 3.05) is 7.05 Å². The van der Waals surface area contributed by atoms with Crippen LogP contribution in [-0.2, 0) is 6.42 Å². The Morgan fingerprint density at radius 2 is 2.06 bits per heavy atom. The van der Waals surface area contributed by atoms with Crippen molar-refractivity contribution in [3.63, 3.8) is 0 Å². The van der Waals surface area contributed by atoms with E-state index in [9.17, 15) is 4.79 Å². The highest BCUT2D eigenvalue weighted by atomic mass is 16.1. The van der Waals surface area contributed by atoms with Gasteiger partial charge in [-0.25, -0.2) is 0 Å². The second kappa shape index (κ2) is 4.83. The molecular formula is C13H20N2O. The topological polar surface area (TPSA) is 44.9 Å². The molecule has 0 amide bonds. The average molecular weight is 220 g/mol. The van der Waals surface area contributed by atoms with E-state index in [1.165, 1.54) is 37.7 Å². The van der Waals surface area contributed by atoms with Gasteiger partial charge in [0.1, 0.15) is 0 Å². The van der Waals surface area contributed by atoms with Crippen LogP contribution >= 0.6 is 0 Å². The third-order valence-electron chi connectivity index (χ3n) is 3.73. The zero-order chi connectivity index (χ0) is 11.4. The third kappa shape index (κ3) is 2.53. The molecule has 1 heterocycles. The molecule has 2 N–H and O–H groups in total. The molecule has 88 valence electrons. The van der Waals surface area contributed by atoms with E-state index in [-0.39, 0.29) is 11.1 Å². The van der Waals surface area contributed by atoms with E-state index >= 15 is 0 Å². The summed E-state index contributed by atoms with van der Waals surface area (Å²) in [6.45, 7) is 0. The lowest BCUT2D eigenvalue weighted by molar-refractivity contribution is 0.244. The molecule has 0 aliphatic heterocycles. The normalized spacial score (nSPS) is 19.6. The first-order chi connectivity index (χ1) is 7.74. The van der Waals surface area contributed by atoms with Crippen LogP contribution in [0.5, 0.6) is 0 Å². The second-order valence-corrected chi connectivity index (χ2v) is 4.83. The maximum Gasteiger partial charge on any atom is 0.247 e. The van der Waals surface area contributed by atoms with Gasteiger partial charge in [0.05, 0.1) is 0 Å². The van der Waals surface area contributed by atoms with Crippen molar-refractivity contribution in [3.05, 3.63) is 34.2 Å². The number of nitrogens with one attached hydrogen (secondary N) is 2. The zero-order valence-corrected chi connectivity index (χ0v) is 9.88. The lowest BCUT2D eigenvalue weighted by Gasteiger charge is -2.37. The number of rotatable bonds is 3. The molecule has 1 aliphatic carbocycles. The van der Waals surface area contributed by atoms with Crippen molar-refractivity contribution in [1.82, 2.24) is 10.3 Å². The summed E-state index contributed by atoms with van der Waals surface area (Å²) in [6.07, 6.45) is 9.31. The number of hydrogen-bond acceptors (Lipinski definition) is 2. The third-order valence-corrected chi connectivity index (χ3v) is 3.73. The number of likely N-dealkylation sites (N-methyl/N-ethyl adjacent to an activating group) is 1. The first kappa shape index (κ1) is 11.4. The minimum absolute atomic E-state index is 0.0223. The van der Waals surface area contributed by atoms with E-state index in [0.29, 0.717) is 0 Å². The van der Waals surface area contributed by atoms with Gasteiger partial charge in [0, 0.05) is 17.8 Å². The minimum Gasteiger partial charge on any atom is -0.329 e. The average Bonchev–Trinajstić information content (AvgIpc) is 2.33. The Labute approximate surface area is 96.3 Å². The van der Waals surface area contributed by atoms with Crippen LogP contribution in [0.2, 0.25) is 0 Å². The molecule has 16 heavy (non-hydrogen) atoms. The van der Waals surface area contributed by atoms with Gasteiger partial charge in [-0.3, -0.25) is 4.79 Å². The number of pyridine rings is 1. The molecule has 1 aromatic heterocycles. The molecule has 1 fully saturated rings.